The van der Waals surface area contributed by atoms with Crippen LogP contribution in [-0.2, 0) is 34.0 Å². The Kier molecular flexibility index (Phi) is 7.87. The molecular formula is C13H18N6O8S2. The lowest BCUT2D eigenvalue weighted by Crippen LogP contribution is -2.51. The van der Waals surface area contributed by atoms with Gasteiger partial charge in [0.2, 0.25) is 33.1 Å². The topological polar surface area (TPSA) is 233 Å². The summed E-state index contributed by atoms with van der Waals surface area (Å²) in [5.74, 6) is -4.88. The molecule has 1 saturated heterocycles. The molecule has 0 aromatic carbocycles. The Morgan fingerprint density at radius 3 is 2.07 bits per heavy atom. The van der Waals surface area contributed by atoms with E-state index in [4.69, 9.17) is 16.0 Å². The Morgan fingerprint density at radius 2 is 1.72 bits per heavy atom. The minimum Gasteiger partial charge on any atom is -0.480 e. The number of carboxylic acids is 1. The highest BCUT2D eigenvalue weighted by Crippen LogP contribution is 2.21. The average molecular weight is 450 g/mol. The zero-order chi connectivity index (χ0) is 22.5. The van der Waals surface area contributed by atoms with Crippen molar-refractivity contribution in [2.24, 2.45) is 16.8 Å². The summed E-state index contributed by atoms with van der Waals surface area (Å²) in [6.07, 6.45) is -0.0395. The van der Waals surface area contributed by atoms with Crippen LogP contribution < -0.4 is 16.2 Å². The van der Waals surface area contributed by atoms with Crippen molar-refractivity contribution < 1.29 is 37.5 Å². The molecule has 2 heterocycles. The number of primary amides is 1. The highest BCUT2D eigenvalue weighted by molar-refractivity contribution is 7.91. The van der Waals surface area contributed by atoms with Crippen molar-refractivity contribution in [3.8, 4) is 0 Å². The first-order chi connectivity index (χ1) is 13.3. The molecule has 0 aliphatic carbocycles. The van der Waals surface area contributed by atoms with E-state index in [0.29, 0.717) is 16.2 Å². The number of carbonyl (C=O) groups is 5. The summed E-state index contributed by atoms with van der Waals surface area (Å²) in [6.45, 7) is 2.55. The molecule has 6 N–H and O–H groups in total. The van der Waals surface area contributed by atoms with E-state index in [1.165, 1.54) is 13.8 Å². The SMILES string of the molecule is CC(=O)Nc1nnc(S(N)(=O)=O)s1.CC(C(N)=O)[C@@H](C(=O)O)N1C(=O)CCC1=O. The summed E-state index contributed by atoms with van der Waals surface area (Å²) in [5.41, 5.74) is 4.98. The van der Waals surface area contributed by atoms with Gasteiger partial charge in [-0.25, -0.2) is 18.4 Å². The molecule has 4 amide bonds. The van der Waals surface area contributed by atoms with Crippen LogP contribution in [0, 0.1) is 5.92 Å². The number of carboxylic acid groups (broad SMARTS) is 1. The summed E-state index contributed by atoms with van der Waals surface area (Å²) in [7, 11) is -3.82. The van der Waals surface area contributed by atoms with Gasteiger partial charge in [0.05, 0.1) is 5.92 Å². The van der Waals surface area contributed by atoms with E-state index < -0.39 is 45.7 Å². The number of sulfonamides is 1. The molecule has 0 spiro atoms. The van der Waals surface area contributed by atoms with E-state index in [-0.39, 0.29) is 28.2 Å². The van der Waals surface area contributed by atoms with E-state index in [0.717, 1.165) is 0 Å². The molecule has 0 saturated carbocycles. The van der Waals surface area contributed by atoms with Gasteiger partial charge in [0.15, 0.2) is 0 Å². The molecule has 0 bridgehead atoms. The van der Waals surface area contributed by atoms with Gasteiger partial charge in [-0.3, -0.25) is 24.1 Å². The minimum absolute atomic E-state index is 0.0197. The number of imide groups is 1. The summed E-state index contributed by atoms with van der Waals surface area (Å²) in [5, 5.41) is 22.8. The molecule has 16 heteroatoms. The highest BCUT2D eigenvalue weighted by Gasteiger charge is 2.43. The Morgan fingerprint density at radius 1 is 1.21 bits per heavy atom. The number of nitrogens with zero attached hydrogens (tertiary/aromatic N) is 3. The van der Waals surface area contributed by atoms with Gasteiger partial charge in [0.1, 0.15) is 6.04 Å². The lowest BCUT2D eigenvalue weighted by Gasteiger charge is -2.25. The molecule has 1 fully saturated rings. The number of carbonyl (C=O) groups excluding carboxylic acids is 4. The number of rotatable bonds is 6. The molecular weight excluding hydrogens is 432 g/mol. The third kappa shape index (κ3) is 6.54. The van der Waals surface area contributed by atoms with Gasteiger partial charge in [0, 0.05) is 19.8 Å². The maximum absolute atomic E-state index is 11.3. The molecule has 14 nitrogen and oxygen atoms in total. The largest absolute Gasteiger partial charge is 0.480 e. The normalized spacial score (nSPS) is 15.9. The van der Waals surface area contributed by atoms with Crippen molar-refractivity contribution in [2.45, 2.75) is 37.1 Å². The molecule has 0 radical (unpaired) electrons. The van der Waals surface area contributed by atoms with Crippen molar-refractivity contribution in [1.82, 2.24) is 15.1 Å². The van der Waals surface area contributed by atoms with E-state index >= 15 is 0 Å². The number of likely N-dealkylation sites (tertiary alicyclic amines) is 1. The van der Waals surface area contributed by atoms with E-state index in [1.807, 2.05) is 0 Å². The number of primary sulfonamides is 1. The minimum atomic E-state index is -3.82. The monoisotopic (exact) mass is 450 g/mol. The molecule has 1 aromatic rings. The number of hydrogen-bond acceptors (Lipinski definition) is 10. The van der Waals surface area contributed by atoms with Crippen molar-refractivity contribution in [3.05, 3.63) is 0 Å². The number of amides is 4. The quantitative estimate of drug-likeness (QED) is 0.271. The molecule has 160 valence electrons. The Labute approximate surface area is 168 Å². The summed E-state index contributed by atoms with van der Waals surface area (Å²) in [6, 6.07) is -1.50. The molecule has 29 heavy (non-hydrogen) atoms. The highest BCUT2D eigenvalue weighted by atomic mass is 32.2. The van der Waals surface area contributed by atoms with Crippen molar-refractivity contribution >= 4 is 56.1 Å². The van der Waals surface area contributed by atoms with Crippen LogP contribution in [0.3, 0.4) is 0 Å². The summed E-state index contributed by atoms with van der Waals surface area (Å²) >= 11 is 0.701. The van der Waals surface area contributed by atoms with Crippen LogP contribution in [0.25, 0.3) is 0 Å². The fourth-order valence-electron chi connectivity index (χ4n) is 2.13. The first-order valence-electron chi connectivity index (χ1n) is 7.76. The molecule has 1 aliphatic heterocycles. The smallest absolute Gasteiger partial charge is 0.327 e. The van der Waals surface area contributed by atoms with Crippen LogP contribution in [0.2, 0.25) is 0 Å². The second kappa shape index (κ2) is 9.48. The van der Waals surface area contributed by atoms with Gasteiger partial charge in [-0.15, -0.1) is 10.2 Å². The van der Waals surface area contributed by atoms with Gasteiger partial charge in [-0.1, -0.05) is 18.3 Å². The van der Waals surface area contributed by atoms with E-state index in [1.54, 1.807) is 0 Å². The van der Waals surface area contributed by atoms with Crippen molar-refractivity contribution in [3.63, 3.8) is 0 Å². The number of aliphatic carboxylic acids is 1. The number of anilines is 1. The van der Waals surface area contributed by atoms with Gasteiger partial charge < -0.3 is 16.2 Å². The fourth-order valence-corrected chi connectivity index (χ4v) is 3.51. The van der Waals surface area contributed by atoms with Crippen LogP contribution >= 0.6 is 11.3 Å². The van der Waals surface area contributed by atoms with Crippen LogP contribution in [0.15, 0.2) is 4.34 Å². The lowest BCUT2D eigenvalue weighted by molar-refractivity contribution is -0.157. The first kappa shape index (κ1) is 24.1. The Bertz CT molecular complexity index is 927. The van der Waals surface area contributed by atoms with Gasteiger partial charge in [-0.05, 0) is 0 Å². The fraction of sp³-hybridized carbons (Fsp3) is 0.462. The van der Waals surface area contributed by atoms with Crippen molar-refractivity contribution in [1.29, 1.82) is 0 Å². The van der Waals surface area contributed by atoms with Gasteiger partial charge in [0.25, 0.3) is 10.0 Å². The molecule has 2 atom stereocenters. The Hall–Kier alpha value is -2.98. The third-order valence-corrected chi connectivity index (χ3v) is 5.63. The maximum atomic E-state index is 11.3. The predicted molar refractivity (Wildman–Crippen MR) is 96.5 cm³/mol. The van der Waals surface area contributed by atoms with Gasteiger partial charge >= 0.3 is 5.97 Å². The maximum Gasteiger partial charge on any atom is 0.327 e. The molecule has 1 aliphatic rings. The van der Waals surface area contributed by atoms with Crippen LogP contribution in [0.1, 0.15) is 26.7 Å². The number of aromatic nitrogens is 2. The van der Waals surface area contributed by atoms with E-state index in [2.05, 4.69) is 15.5 Å². The molecule has 1 aromatic heterocycles. The molecule has 2 rings (SSSR count). The van der Waals surface area contributed by atoms with Crippen LogP contribution in [-0.4, -0.2) is 64.3 Å². The third-order valence-electron chi connectivity index (χ3n) is 3.48. The first-order valence-corrected chi connectivity index (χ1v) is 10.1. The van der Waals surface area contributed by atoms with Crippen LogP contribution in [0.5, 0.6) is 0 Å². The second-order valence-corrected chi connectivity index (χ2v) is 8.44. The zero-order valence-electron chi connectivity index (χ0n) is 15.2. The van der Waals surface area contributed by atoms with Gasteiger partial charge in [-0.2, -0.15) is 0 Å². The Balaban J connectivity index is 0.000000296. The van der Waals surface area contributed by atoms with Crippen LogP contribution in [0.4, 0.5) is 5.13 Å². The summed E-state index contributed by atoms with van der Waals surface area (Å²) < 4.78 is 21.1. The standard InChI is InChI=1S/C9H12N2O5.C4H6N4O3S2/c1-4(8(10)14)7(9(15)16)11-5(12)2-3-6(11)13;1-2(9)6-3-7-8-4(12-3)13(5,10)11/h4,7H,2-3H2,1H3,(H2,10,14)(H,15,16);1H3,(H2,5,10,11)(H,6,7,9)/t4?,7-;/m0./s1. The van der Waals surface area contributed by atoms with Crippen molar-refractivity contribution in [2.75, 3.05) is 5.32 Å². The predicted octanol–water partition coefficient (Wildman–Crippen LogP) is -2.15. The number of hydrogen-bond donors (Lipinski definition) is 4. The number of nitrogens with one attached hydrogen (secondary N) is 1. The lowest BCUT2D eigenvalue weighted by atomic mass is 10.00. The van der Waals surface area contributed by atoms with E-state index in [9.17, 15) is 32.4 Å². The zero-order valence-corrected chi connectivity index (χ0v) is 16.8. The number of nitrogens with two attached hydrogens (primary N) is 2. The summed E-state index contributed by atoms with van der Waals surface area (Å²) in [4.78, 5) is 55.7. The average Bonchev–Trinajstić information content (AvgIpc) is 3.16. The second-order valence-electron chi connectivity index (χ2n) is 5.73. The molecule has 1 unspecified atom stereocenters.